The van der Waals surface area contributed by atoms with E-state index >= 15 is 0 Å². The third-order valence-electron chi connectivity index (χ3n) is 3.89. The van der Waals surface area contributed by atoms with Gasteiger partial charge >= 0.3 is 6.03 Å². The summed E-state index contributed by atoms with van der Waals surface area (Å²) in [6.07, 6.45) is 4.44. The molecule has 1 aliphatic carbocycles. The number of carbonyl (C=O) groups excluding carboxylic acids is 2. The van der Waals surface area contributed by atoms with E-state index in [2.05, 4.69) is 4.99 Å². The molecule has 98 valence electrons. The van der Waals surface area contributed by atoms with Gasteiger partial charge in [0.25, 0.3) is 0 Å². The number of amidine groups is 1. The van der Waals surface area contributed by atoms with Crippen molar-refractivity contribution in [2.75, 3.05) is 13.1 Å². The highest BCUT2D eigenvalue weighted by Gasteiger charge is 2.44. The molecule has 1 unspecified atom stereocenters. The zero-order valence-electron chi connectivity index (χ0n) is 10.3. The van der Waals surface area contributed by atoms with Gasteiger partial charge in [0.15, 0.2) is 0 Å². The molecule has 1 atom stereocenters. The molecule has 0 radical (unpaired) electrons. The van der Waals surface area contributed by atoms with Gasteiger partial charge in [0.2, 0.25) is 5.91 Å². The molecule has 1 saturated heterocycles. The Morgan fingerprint density at radius 3 is 2.61 bits per heavy atom. The van der Waals surface area contributed by atoms with Gasteiger partial charge in [-0.05, 0) is 25.7 Å². The van der Waals surface area contributed by atoms with Gasteiger partial charge in [-0.3, -0.25) is 4.79 Å². The Morgan fingerprint density at radius 1 is 1.33 bits per heavy atom. The molecular formula is C12H18N4O2. The van der Waals surface area contributed by atoms with E-state index in [0.29, 0.717) is 5.84 Å². The second-order valence-corrected chi connectivity index (χ2v) is 5.27. The van der Waals surface area contributed by atoms with Crippen LogP contribution in [0.4, 0.5) is 4.79 Å². The minimum atomic E-state index is -0.307. The van der Waals surface area contributed by atoms with Crippen LogP contribution in [-0.2, 0) is 4.79 Å². The van der Waals surface area contributed by atoms with Crippen molar-refractivity contribution in [1.82, 2.24) is 9.80 Å². The summed E-state index contributed by atoms with van der Waals surface area (Å²) >= 11 is 0. The lowest BCUT2D eigenvalue weighted by atomic mass is 10.1. The Balaban J connectivity index is 1.68. The molecule has 2 aliphatic heterocycles. The second-order valence-electron chi connectivity index (χ2n) is 5.27. The molecule has 3 rings (SSSR count). The Bertz CT molecular complexity index is 410. The summed E-state index contributed by atoms with van der Waals surface area (Å²) in [4.78, 5) is 31.2. The fourth-order valence-corrected chi connectivity index (χ4v) is 2.75. The van der Waals surface area contributed by atoms with Gasteiger partial charge < -0.3 is 15.5 Å². The van der Waals surface area contributed by atoms with E-state index in [1.807, 2.05) is 4.90 Å². The largest absolute Gasteiger partial charge is 0.385 e. The van der Waals surface area contributed by atoms with Crippen LogP contribution >= 0.6 is 0 Å². The van der Waals surface area contributed by atoms with E-state index in [1.165, 1.54) is 0 Å². The average molecular weight is 250 g/mol. The third kappa shape index (κ3) is 1.95. The summed E-state index contributed by atoms with van der Waals surface area (Å²) in [5, 5.41) is 0. The van der Waals surface area contributed by atoms with E-state index < -0.39 is 0 Å². The van der Waals surface area contributed by atoms with Gasteiger partial charge in [-0.2, -0.15) is 4.99 Å². The van der Waals surface area contributed by atoms with Crippen LogP contribution < -0.4 is 5.73 Å². The maximum atomic E-state index is 12.1. The topological polar surface area (TPSA) is 79.0 Å². The molecule has 0 bridgehead atoms. The number of amides is 3. The fraction of sp³-hybridized carbons (Fsp3) is 0.750. The van der Waals surface area contributed by atoms with Gasteiger partial charge in [0, 0.05) is 19.1 Å². The van der Waals surface area contributed by atoms with Gasteiger partial charge in [0.05, 0.1) is 6.42 Å². The average Bonchev–Trinajstić information content (AvgIpc) is 2.91. The van der Waals surface area contributed by atoms with E-state index in [9.17, 15) is 9.59 Å². The standard InChI is InChI=1S/C12H18N4O2/c13-11-9(7-10(17)15-5-1-2-6-15)16(8-3-4-8)12(18)14-11/h8-9H,1-7H2,(H2,13,14,18). The van der Waals surface area contributed by atoms with Crippen molar-refractivity contribution in [2.24, 2.45) is 10.7 Å². The molecule has 0 aromatic rings. The fourth-order valence-electron chi connectivity index (χ4n) is 2.75. The normalized spacial score (nSPS) is 27.9. The lowest BCUT2D eigenvalue weighted by molar-refractivity contribution is -0.130. The summed E-state index contributed by atoms with van der Waals surface area (Å²) < 4.78 is 0. The third-order valence-corrected chi connectivity index (χ3v) is 3.89. The maximum Gasteiger partial charge on any atom is 0.346 e. The monoisotopic (exact) mass is 250 g/mol. The molecule has 3 aliphatic rings. The minimum Gasteiger partial charge on any atom is -0.385 e. The Kier molecular flexibility index (Phi) is 2.72. The number of urea groups is 1. The Labute approximate surface area is 106 Å². The molecule has 6 heteroatoms. The predicted octanol–water partition coefficient (Wildman–Crippen LogP) is 0.323. The number of likely N-dealkylation sites (tertiary alicyclic amines) is 1. The number of nitrogens with two attached hydrogens (primary N) is 1. The molecule has 0 spiro atoms. The van der Waals surface area contributed by atoms with E-state index in [1.54, 1.807) is 4.90 Å². The van der Waals surface area contributed by atoms with E-state index in [-0.39, 0.29) is 30.4 Å². The van der Waals surface area contributed by atoms with Crippen LogP contribution in [0.3, 0.4) is 0 Å². The van der Waals surface area contributed by atoms with E-state index in [4.69, 9.17) is 5.73 Å². The number of rotatable bonds is 3. The summed E-state index contributed by atoms with van der Waals surface area (Å²) in [5.41, 5.74) is 5.79. The molecule has 2 N–H and O–H groups in total. The number of hydrogen-bond acceptors (Lipinski definition) is 3. The first-order valence-corrected chi connectivity index (χ1v) is 6.61. The van der Waals surface area contributed by atoms with Crippen LogP contribution in [0.5, 0.6) is 0 Å². The van der Waals surface area contributed by atoms with Crippen LogP contribution in [0.25, 0.3) is 0 Å². The number of aliphatic imine (C=N–C) groups is 1. The number of carbonyl (C=O) groups is 2. The Morgan fingerprint density at radius 2 is 2.00 bits per heavy atom. The first-order chi connectivity index (χ1) is 8.66. The lowest BCUT2D eigenvalue weighted by Gasteiger charge is -2.25. The molecule has 2 fully saturated rings. The summed E-state index contributed by atoms with van der Waals surface area (Å²) in [7, 11) is 0. The van der Waals surface area contributed by atoms with Gasteiger partial charge in [-0.1, -0.05) is 0 Å². The Hall–Kier alpha value is -1.59. The molecule has 18 heavy (non-hydrogen) atoms. The van der Waals surface area contributed by atoms with Crippen LogP contribution in [-0.4, -0.2) is 52.7 Å². The quantitative estimate of drug-likeness (QED) is 0.783. The van der Waals surface area contributed by atoms with Gasteiger partial charge in [-0.25, -0.2) is 4.79 Å². The highest BCUT2D eigenvalue weighted by atomic mass is 16.2. The highest BCUT2D eigenvalue weighted by molar-refractivity contribution is 6.04. The molecule has 1 saturated carbocycles. The predicted molar refractivity (Wildman–Crippen MR) is 66.1 cm³/mol. The van der Waals surface area contributed by atoms with Crippen molar-refractivity contribution < 1.29 is 9.59 Å². The van der Waals surface area contributed by atoms with Crippen LogP contribution in [0, 0.1) is 0 Å². The van der Waals surface area contributed by atoms with Crippen molar-refractivity contribution >= 4 is 17.8 Å². The SMILES string of the molecule is NC1=NC(=O)N(C2CC2)C1CC(=O)N1CCCC1. The molecule has 0 aromatic carbocycles. The lowest BCUT2D eigenvalue weighted by Crippen LogP contribution is -2.45. The summed E-state index contributed by atoms with van der Waals surface area (Å²) in [5.74, 6) is 0.399. The summed E-state index contributed by atoms with van der Waals surface area (Å²) in [6.45, 7) is 1.67. The smallest absolute Gasteiger partial charge is 0.346 e. The summed E-state index contributed by atoms with van der Waals surface area (Å²) in [6, 6.07) is -0.328. The van der Waals surface area contributed by atoms with Gasteiger partial charge in [0.1, 0.15) is 11.9 Å². The molecule has 0 aromatic heterocycles. The first-order valence-electron chi connectivity index (χ1n) is 6.61. The second kappa shape index (κ2) is 4.26. The first kappa shape index (κ1) is 11.5. The van der Waals surface area contributed by atoms with Crippen molar-refractivity contribution in [2.45, 2.75) is 44.2 Å². The molecule has 3 amide bonds. The zero-order valence-corrected chi connectivity index (χ0v) is 10.3. The highest BCUT2D eigenvalue weighted by Crippen LogP contribution is 2.32. The molecular weight excluding hydrogens is 232 g/mol. The van der Waals surface area contributed by atoms with Crippen molar-refractivity contribution in [3.05, 3.63) is 0 Å². The molecule has 2 heterocycles. The minimum absolute atomic E-state index is 0.0935. The van der Waals surface area contributed by atoms with Gasteiger partial charge in [-0.15, -0.1) is 0 Å². The van der Waals surface area contributed by atoms with Crippen molar-refractivity contribution in [3.63, 3.8) is 0 Å². The van der Waals surface area contributed by atoms with Crippen LogP contribution in [0.15, 0.2) is 4.99 Å². The van der Waals surface area contributed by atoms with E-state index in [0.717, 1.165) is 38.8 Å². The zero-order chi connectivity index (χ0) is 12.7. The van der Waals surface area contributed by atoms with Crippen molar-refractivity contribution in [3.8, 4) is 0 Å². The van der Waals surface area contributed by atoms with Crippen molar-refractivity contribution in [1.29, 1.82) is 0 Å². The van der Waals surface area contributed by atoms with Crippen LogP contribution in [0.2, 0.25) is 0 Å². The maximum absolute atomic E-state index is 12.1. The number of nitrogens with zero attached hydrogens (tertiary/aromatic N) is 3. The van der Waals surface area contributed by atoms with Crippen LogP contribution in [0.1, 0.15) is 32.1 Å². The molecule has 6 nitrogen and oxygen atoms in total. The number of hydrogen-bond donors (Lipinski definition) is 1.